The molecular formula is C13H19N5. The summed E-state index contributed by atoms with van der Waals surface area (Å²) in [4.78, 5) is 10.7. The predicted molar refractivity (Wildman–Crippen MR) is 70.7 cm³/mol. The van der Waals surface area contributed by atoms with E-state index in [9.17, 15) is 0 Å². The molecule has 0 aliphatic carbocycles. The molecule has 96 valence electrons. The summed E-state index contributed by atoms with van der Waals surface area (Å²) in [6, 6.07) is 4.04. The molecule has 2 aromatic heterocycles. The minimum atomic E-state index is 0.640. The second kappa shape index (κ2) is 6.28. The van der Waals surface area contributed by atoms with Crippen LogP contribution in [0.4, 0.5) is 0 Å². The highest BCUT2D eigenvalue weighted by molar-refractivity contribution is 5.08. The minimum absolute atomic E-state index is 0.640. The summed E-state index contributed by atoms with van der Waals surface area (Å²) in [6.07, 6.45) is 7.56. The van der Waals surface area contributed by atoms with Crippen molar-refractivity contribution in [3.63, 3.8) is 0 Å². The van der Waals surface area contributed by atoms with Gasteiger partial charge in [0.1, 0.15) is 0 Å². The monoisotopic (exact) mass is 245 g/mol. The van der Waals surface area contributed by atoms with Crippen LogP contribution in [0.3, 0.4) is 0 Å². The fraction of sp³-hybridized carbons (Fsp3) is 0.385. The molecule has 0 unspecified atom stereocenters. The molecule has 0 fully saturated rings. The Labute approximate surface area is 107 Å². The van der Waals surface area contributed by atoms with E-state index < -0.39 is 0 Å². The van der Waals surface area contributed by atoms with Crippen LogP contribution in [-0.4, -0.2) is 33.0 Å². The molecule has 0 aliphatic rings. The first kappa shape index (κ1) is 12.7. The number of rotatable bonds is 6. The van der Waals surface area contributed by atoms with Gasteiger partial charge in [-0.2, -0.15) is 0 Å². The maximum Gasteiger partial charge on any atom is 0.0950 e. The Balaban J connectivity index is 1.88. The molecular weight excluding hydrogens is 226 g/mol. The number of nitrogens with two attached hydrogens (primary N) is 1. The molecule has 5 nitrogen and oxygen atoms in total. The maximum atomic E-state index is 5.51. The van der Waals surface area contributed by atoms with E-state index in [-0.39, 0.29) is 0 Å². The average molecular weight is 245 g/mol. The third-order valence-corrected chi connectivity index (χ3v) is 2.68. The van der Waals surface area contributed by atoms with Crippen molar-refractivity contribution in [3.05, 3.63) is 48.3 Å². The van der Waals surface area contributed by atoms with Crippen LogP contribution in [0, 0.1) is 0 Å². The Morgan fingerprint density at radius 2 is 2.28 bits per heavy atom. The van der Waals surface area contributed by atoms with Crippen LogP contribution in [0.25, 0.3) is 0 Å². The first-order chi connectivity index (χ1) is 8.78. The number of hydrogen-bond donors (Lipinski definition) is 1. The third kappa shape index (κ3) is 3.65. The second-order valence-corrected chi connectivity index (χ2v) is 4.43. The van der Waals surface area contributed by atoms with Gasteiger partial charge in [-0.1, -0.05) is 6.07 Å². The molecule has 0 spiro atoms. The van der Waals surface area contributed by atoms with Gasteiger partial charge in [0, 0.05) is 44.8 Å². The Bertz CT molecular complexity index is 465. The summed E-state index contributed by atoms with van der Waals surface area (Å²) in [7, 11) is 2.08. The van der Waals surface area contributed by atoms with Gasteiger partial charge in [-0.3, -0.25) is 9.88 Å². The Hall–Kier alpha value is -1.72. The van der Waals surface area contributed by atoms with Crippen LogP contribution in [0.15, 0.2) is 37.1 Å². The number of pyridine rings is 1. The zero-order valence-corrected chi connectivity index (χ0v) is 10.7. The summed E-state index contributed by atoms with van der Waals surface area (Å²) in [5.74, 6) is 0. The topological polar surface area (TPSA) is 60.0 Å². The lowest BCUT2D eigenvalue weighted by Crippen LogP contribution is -2.17. The van der Waals surface area contributed by atoms with E-state index >= 15 is 0 Å². The van der Waals surface area contributed by atoms with Gasteiger partial charge in [-0.25, -0.2) is 4.98 Å². The highest BCUT2D eigenvalue weighted by Crippen LogP contribution is 2.05. The van der Waals surface area contributed by atoms with Gasteiger partial charge in [-0.15, -0.1) is 0 Å². The van der Waals surface area contributed by atoms with Crippen LogP contribution in [0.2, 0.25) is 0 Å². The molecule has 0 saturated carbocycles. The summed E-state index contributed by atoms with van der Waals surface area (Å²) < 4.78 is 2.02. The van der Waals surface area contributed by atoms with Crippen molar-refractivity contribution >= 4 is 0 Å². The first-order valence-corrected chi connectivity index (χ1v) is 6.06. The maximum absolute atomic E-state index is 5.51. The largest absolute Gasteiger partial charge is 0.336 e. The number of hydrogen-bond acceptors (Lipinski definition) is 4. The van der Waals surface area contributed by atoms with Crippen molar-refractivity contribution in [1.29, 1.82) is 0 Å². The molecule has 0 aromatic carbocycles. The number of aromatic nitrogens is 3. The molecule has 0 radical (unpaired) electrons. The quantitative estimate of drug-likeness (QED) is 0.820. The Morgan fingerprint density at radius 1 is 1.39 bits per heavy atom. The van der Waals surface area contributed by atoms with Gasteiger partial charge < -0.3 is 10.3 Å². The van der Waals surface area contributed by atoms with Crippen LogP contribution < -0.4 is 5.73 Å². The first-order valence-electron chi connectivity index (χ1n) is 6.06. The van der Waals surface area contributed by atoms with E-state index in [0.717, 1.165) is 25.3 Å². The third-order valence-electron chi connectivity index (χ3n) is 2.68. The van der Waals surface area contributed by atoms with Crippen molar-refractivity contribution in [3.8, 4) is 0 Å². The summed E-state index contributed by atoms with van der Waals surface area (Å²) >= 11 is 0. The normalized spacial score (nSPS) is 11.1. The van der Waals surface area contributed by atoms with E-state index in [1.807, 2.05) is 29.4 Å². The molecule has 2 rings (SSSR count). The molecule has 2 aromatic rings. The van der Waals surface area contributed by atoms with Gasteiger partial charge in [-0.05, 0) is 18.7 Å². The van der Waals surface area contributed by atoms with Crippen molar-refractivity contribution in [2.24, 2.45) is 5.73 Å². The molecule has 2 heterocycles. The van der Waals surface area contributed by atoms with Crippen LogP contribution in [0.1, 0.15) is 11.3 Å². The molecule has 0 bridgehead atoms. The number of imidazole rings is 1. The molecule has 5 heteroatoms. The van der Waals surface area contributed by atoms with Crippen LogP contribution in [0.5, 0.6) is 0 Å². The molecule has 0 amide bonds. The van der Waals surface area contributed by atoms with Crippen molar-refractivity contribution in [2.45, 2.75) is 19.6 Å². The van der Waals surface area contributed by atoms with E-state index in [4.69, 9.17) is 5.73 Å². The minimum Gasteiger partial charge on any atom is -0.336 e. The van der Waals surface area contributed by atoms with E-state index in [1.165, 1.54) is 5.56 Å². The number of nitrogens with zero attached hydrogens (tertiary/aromatic N) is 4. The van der Waals surface area contributed by atoms with Crippen molar-refractivity contribution < 1.29 is 0 Å². The van der Waals surface area contributed by atoms with Crippen molar-refractivity contribution in [2.75, 3.05) is 13.6 Å². The standard InChI is InChI=1S/C13H19N5/c1-17(8-12-3-2-5-15-7-12)9-13-10-18(6-4-14)11-16-13/h2-3,5,7,10-11H,4,6,8-9,14H2,1H3. The highest BCUT2D eigenvalue weighted by atomic mass is 15.1. The lowest BCUT2D eigenvalue weighted by molar-refractivity contribution is 0.315. The molecule has 0 atom stereocenters. The van der Waals surface area contributed by atoms with Crippen LogP contribution in [-0.2, 0) is 19.6 Å². The van der Waals surface area contributed by atoms with Crippen LogP contribution >= 0.6 is 0 Å². The van der Waals surface area contributed by atoms with Crippen molar-refractivity contribution in [1.82, 2.24) is 19.4 Å². The van der Waals surface area contributed by atoms with Gasteiger partial charge in [0.25, 0.3) is 0 Å². The summed E-state index contributed by atoms with van der Waals surface area (Å²) in [6.45, 7) is 3.16. The summed E-state index contributed by atoms with van der Waals surface area (Å²) in [5, 5.41) is 0. The predicted octanol–water partition coefficient (Wildman–Crippen LogP) is 0.869. The van der Waals surface area contributed by atoms with E-state index in [1.54, 1.807) is 6.20 Å². The Kier molecular flexibility index (Phi) is 4.44. The zero-order chi connectivity index (χ0) is 12.8. The molecule has 0 aliphatic heterocycles. The highest BCUT2D eigenvalue weighted by Gasteiger charge is 2.04. The van der Waals surface area contributed by atoms with Gasteiger partial charge in [0.2, 0.25) is 0 Å². The van der Waals surface area contributed by atoms with Gasteiger partial charge in [0.15, 0.2) is 0 Å². The fourth-order valence-corrected chi connectivity index (χ4v) is 1.90. The lowest BCUT2D eigenvalue weighted by atomic mass is 10.2. The lowest BCUT2D eigenvalue weighted by Gasteiger charge is -2.14. The van der Waals surface area contributed by atoms with Gasteiger partial charge in [0.05, 0.1) is 12.0 Å². The fourth-order valence-electron chi connectivity index (χ4n) is 1.90. The average Bonchev–Trinajstić information content (AvgIpc) is 2.78. The van der Waals surface area contributed by atoms with Gasteiger partial charge >= 0.3 is 0 Å². The molecule has 18 heavy (non-hydrogen) atoms. The van der Waals surface area contributed by atoms with E-state index in [0.29, 0.717) is 6.54 Å². The smallest absolute Gasteiger partial charge is 0.0950 e. The molecule has 2 N–H and O–H groups in total. The second-order valence-electron chi connectivity index (χ2n) is 4.43. The Morgan fingerprint density at radius 3 is 3.00 bits per heavy atom. The SMILES string of the molecule is CN(Cc1cccnc1)Cc1cn(CCN)cn1. The zero-order valence-electron chi connectivity index (χ0n) is 10.7. The summed E-state index contributed by atoms with van der Waals surface area (Å²) in [5.41, 5.74) is 7.78. The van der Waals surface area contributed by atoms with E-state index in [2.05, 4.69) is 28.0 Å². The molecule has 0 saturated heterocycles.